The highest BCUT2D eigenvalue weighted by Gasteiger charge is 2.16. The van der Waals surface area contributed by atoms with E-state index in [1.807, 2.05) is 31.3 Å². The van der Waals surface area contributed by atoms with Crippen LogP contribution in [0.25, 0.3) is 10.9 Å². The van der Waals surface area contributed by atoms with Gasteiger partial charge in [0.25, 0.3) is 0 Å². The van der Waals surface area contributed by atoms with E-state index < -0.39 is 6.10 Å². The van der Waals surface area contributed by atoms with E-state index in [-0.39, 0.29) is 12.5 Å². The number of rotatable bonds is 6. The fraction of sp³-hybridized carbons (Fsp3) is 0.500. The van der Waals surface area contributed by atoms with Gasteiger partial charge in [0.15, 0.2) is 0 Å². The highest BCUT2D eigenvalue weighted by Crippen LogP contribution is 2.22. The van der Waals surface area contributed by atoms with Gasteiger partial charge in [-0.1, -0.05) is 12.1 Å². The minimum Gasteiger partial charge on any atom is -0.390 e. The van der Waals surface area contributed by atoms with Crippen LogP contribution >= 0.6 is 0 Å². The maximum Gasteiger partial charge on any atom is 0.224 e. The molecule has 2 aromatic rings. The normalized spacial score (nSPS) is 17.1. The van der Waals surface area contributed by atoms with Crippen molar-refractivity contribution in [1.82, 2.24) is 15.2 Å². The summed E-state index contributed by atoms with van der Waals surface area (Å²) in [6, 6.07) is 6.06. The van der Waals surface area contributed by atoms with Crippen LogP contribution in [0.3, 0.4) is 0 Å². The first kappa shape index (κ1) is 17.0. The van der Waals surface area contributed by atoms with Crippen LogP contribution in [0.2, 0.25) is 0 Å². The van der Waals surface area contributed by atoms with E-state index in [0.717, 1.165) is 35.1 Å². The lowest BCUT2D eigenvalue weighted by Gasteiger charge is -2.28. The number of aromatic amines is 1. The average Bonchev–Trinajstić information content (AvgIpc) is 2.98. The molecule has 0 spiro atoms. The van der Waals surface area contributed by atoms with Gasteiger partial charge >= 0.3 is 0 Å². The number of nitrogens with one attached hydrogen (secondary N) is 2. The first-order valence-corrected chi connectivity index (χ1v) is 8.44. The summed E-state index contributed by atoms with van der Waals surface area (Å²) in [7, 11) is 0. The van der Waals surface area contributed by atoms with Gasteiger partial charge in [-0.05, 0) is 24.1 Å². The molecule has 0 bridgehead atoms. The molecule has 1 fully saturated rings. The Morgan fingerprint density at radius 1 is 1.42 bits per heavy atom. The Hall–Kier alpha value is -1.89. The van der Waals surface area contributed by atoms with E-state index in [1.165, 1.54) is 0 Å². The predicted molar refractivity (Wildman–Crippen MR) is 93.0 cm³/mol. The number of aliphatic hydroxyl groups excluding tert-OH is 1. The van der Waals surface area contributed by atoms with Crippen molar-refractivity contribution in [2.45, 2.75) is 19.4 Å². The average molecular weight is 331 g/mol. The lowest BCUT2D eigenvalue weighted by Crippen LogP contribution is -2.44. The molecule has 0 saturated carbocycles. The van der Waals surface area contributed by atoms with Gasteiger partial charge < -0.3 is 20.1 Å². The summed E-state index contributed by atoms with van der Waals surface area (Å²) in [5, 5.41) is 14.0. The SMILES string of the molecule is Cc1cccc2[nH]cc(CC(=O)NCC(O)CN3CCOCC3)c12. The number of fused-ring (bicyclic) bond motifs is 1. The highest BCUT2D eigenvalue weighted by molar-refractivity contribution is 5.91. The van der Waals surface area contributed by atoms with Gasteiger partial charge in [-0.3, -0.25) is 9.69 Å². The minimum absolute atomic E-state index is 0.0693. The van der Waals surface area contributed by atoms with E-state index in [2.05, 4.69) is 15.2 Å². The van der Waals surface area contributed by atoms with E-state index in [1.54, 1.807) is 0 Å². The highest BCUT2D eigenvalue weighted by atomic mass is 16.5. The van der Waals surface area contributed by atoms with Gasteiger partial charge in [-0.15, -0.1) is 0 Å². The summed E-state index contributed by atoms with van der Waals surface area (Å²) in [5.74, 6) is -0.0693. The number of β-amino-alcohol motifs (C(OH)–C–C–N with tert-alkyl or cyclic N) is 1. The lowest BCUT2D eigenvalue weighted by molar-refractivity contribution is -0.121. The molecule has 1 aliphatic heterocycles. The van der Waals surface area contributed by atoms with Crippen molar-refractivity contribution in [3.63, 3.8) is 0 Å². The maximum atomic E-state index is 12.2. The van der Waals surface area contributed by atoms with Gasteiger partial charge in [0.2, 0.25) is 5.91 Å². The molecule has 1 atom stereocenters. The largest absolute Gasteiger partial charge is 0.390 e. The molecule has 1 aromatic heterocycles. The van der Waals surface area contributed by atoms with Crippen molar-refractivity contribution in [3.05, 3.63) is 35.5 Å². The molecule has 0 radical (unpaired) electrons. The Bertz CT molecular complexity index is 692. The first-order chi connectivity index (χ1) is 11.6. The molecule has 0 aliphatic carbocycles. The predicted octanol–water partition coefficient (Wildman–Crippen LogP) is 0.828. The fourth-order valence-corrected chi connectivity index (χ4v) is 3.20. The molecule has 6 nitrogen and oxygen atoms in total. The standard InChI is InChI=1S/C18H25N3O3/c1-13-3-2-4-16-18(13)14(10-19-16)9-17(23)20-11-15(22)12-21-5-7-24-8-6-21/h2-4,10,15,19,22H,5-9,11-12H2,1H3,(H,20,23). The van der Waals surface area contributed by atoms with Crippen molar-refractivity contribution in [2.75, 3.05) is 39.4 Å². The van der Waals surface area contributed by atoms with Gasteiger partial charge in [0.1, 0.15) is 0 Å². The van der Waals surface area contributed by atoms with E-state index >= 15 is 0 Å². The summed E-state index contributed by atoms with van der Waals surface area (Å²) < 4.78 is 5.29. The number of aliphatic hydroxyl groups is 1. The van der Waals surface area contributed by atoms with Crippen LogP contribution in [0.1, 0.15) is 11.1 Å². The van der Waals surface area contributed by atoms with Gasteiger partial charge in [-0.25, -0.2) is 0 Å². The van der Waals surface area contributed by atoms with E-state index in [4.69, 9.17) is 4.74 Å². The second-order valence-corrected chi connectivity index (χ2v) is 6.36. The molecule has 3 rings (SSSR count). The van der Waals surface area contributed by atoms with Crippen LogP contribution in [0.4, 0.5) is 0 Å². The molecular formula is C18H25N3O3. The number of carbonyl (C=O) groups is 1. The van der Waals surface area contributed by atoms with Crippen LogP contribution in [0, 0.1) is 6.92 Å². The number of amides is 1. The number of aromatic nitrogens is 1. The quantitative estimate of drug-likeness (QED) is 0.733. The van der Waals surface area contributed by atoms with E-state index in [0.29, 0.717) is 26.2 Å². The number of carbonyl (C=O) groups excluding carboxylic acids is 1. The Labute approximate surface area is 141 Å². The summed E-state index contributed by atoms with van der Waals surface area (Å²) in [6.07, 6.45) is 1.65. The van der Waals surface area contributed by atoms with Crippen LogP contribution in [-0.4, -0.2) is 66.4 Å². The Balaban J connectivity index is 1.50. The third kappa shape index (κ3) is 4.14. The number of nitrogens with zero attached hydrogens (tertiary/aromatic N) is 1. The number of H-pyrrole nitrogens is 1. The number of benzene rings is 1. The molecule has 1 aliphatic rings. The molecule has 1 aromatic carbocycles. The third-order valence-electron chi connectivity index (χ3n) is 4.45. The second-order valence-electron chi connectivity index (χ2n) is 6.36. The Kier molecular flexibility index (Phi) is 5.50. The molecule has 1 saturated heterocycles. The zero-order valence-corrected chi connectivity index (χ0v) is 14.0. The fourth-order valence-electron chi connectivity index (χ4n) is 3.20. The molecule has 3 N–H and O–H groups in total. The number of hydrogen-bond acceptors (Lipinski definition) is 4. The van der Waals surface area contributed by atoms with Crippen LogP contribution in [0.5, 0.6) is 0 Å². The smallest absolute Gasteiger partial charge is 0.224 e. The molecule has 6 heteroatoms. The van der Waals surface area contributed by atoms with Crippen molar-refractivity contribution in [2.24, 2.45) is 0 Å². The van der Waals surface area contributed by atoms with Gasteiger partial charge in [0, 0.05) is 43.3 Å². The number of aryl methyl sites for hydroxylation is 1. The van der Waals surface area contributed by atoms with Crippen molar-refractivity contribution in [3.8, 4) is 0 Å². The molecule has 1 amide bonds. The zero-order valence-electron chi connectivity index (χ0n) is 14.0. The van der Waals surface area contributed by atoms with Crippen LogP contribution in [0.15, 0.2) is 24.4 Å². The molecule has 24 heavy (non-hydrogen) atoms. The summed E-state index contributed by atoms with van der Waals surface area (Å²) >= 11 is 0. The van der Waals surface area contributed by atoms with Gasteiger partial charge in [-0.2, -0.15) is 0 Å². The summed E-state index contributed by atoms with van der Waals surface area (Å²) in [6.45, 7) is 5.97. The number of ether oxygens (including phenoxy) is 1. The number of hydrogen-bond donors (Lipinski definition) is 3. The molecular weight excluding hydrogens is 306 g/mol. The van der Waals surface area contributed by atoms with Crippen molar-refractivity contribution in [1.29, 1.82) is 0 Å². The van der Waals surface area contributed by atoms with Gasteiger partial charge in [0.05, 0.1) is 25.7 Å². The minimum atomic E-state index is -0.559. The van der Waals surface area contributed by atoms with Crippen LogP contribution in [-0.2, 0) is 16.0 Å². The zero-order chi connectivity index (χ0) is 16.9. The van der Waals surface area contributed by atoms with Crippen molar-refractivity contribution >= 4 is 16.8 Å². The third-order valence-corrected chi connectivity index (χ3v) is 4.45. The monoisotopic (exact) mass is 331 g/mol. The molecule has 2 heterocycles. The molecule has 130 valence electrons. The maximum absolute atomic E-state index is 12.2. The Morgan fingerprint density at radius 3 is 3.00 bits per heavy atom. The lowest BCUT2D eigenvalue weighted by atomic mass is 10.1. The Morgan fingerprint density at radius 2 is 2.21 bits per heavy atom. The summed E-state index contributed by atoms with van der Waals surface area (Å²) in [4.78, 5) is 17.6. The van der Waals surface area contributed by atoms with Crippen molar-refractivity contribution < 1.29 is 14.6 Å². The topological polar surface area (TPSA) is 77.6 Å². The molecule has 1 unspecified atom stereocenters. The first-order valence-electron chi connectivity index (χ1n) is 8.44. The van der Waals surface area contributed by atoms with E-state index in [9.17, 15) is 9.90 Å². The number of morpholine rings is 1. The summed E-state index contributed by atoms with van der Waals surface area (Å²) in [5.41, 5.74) is 3.19. The van der Waals surface area contributed by atoms with Crippen LogP contribution < -0.4 is 5.32 Å². The second kappa shape index (κ2) is 7.79.